The number of ether oxygens (including phenoxy) is 2. The van der Waals surface area contributed by atoms with Crippen LogP contribution >= 0.6 is 35.4 Å². The van der Waals surface area contributed by atoms with Crippen LogP contribution in [0.3, 0.4) is 0 Å². The Morgan fingerprint density at radius 3 is 2.34 bits per heavy atom. The van der Waals surface area contributed by atoms with E-state index in [4.69, 9.17) is 49.3 Å². The lowest BCUT2D eigenvalue weighted by Gasteiger charge is -2.14. The number of amides is 1. The van der Waals surface area contributed by atoms with Gasteiger partial charge in [0.1, 0.15) is 11.3 Å². The van der Waals surface area contributed by atoms with Crippen LogP contribution in [0.2, 0.25) is 10.0 Å². The largest absolute Gasteiger partial charge is 0.495 e. The van der Waals surface area contributed by atoms with Crippen LogP contribution in [0.1, 0.15) is 21.5 Å². The highest BCUT2D eigenvalue weighted by Crippen LogP contribution is 2.34. The van der Waals surface area contributed by atoms with E-state index < -0.39 is 5.91 Å². The van der Waals surface area contributed by atoms with E-state index in [0.717, 1.165) is 16.6 Å². The fourth-order valence-corrected chi connectivity index (χ4v) is 4.30. The van der Waals surface area contributed by atoms with Gasteiger partial charge in [0.25, 0.3) is 5.91 Å². The number of carbonyl (C=O) groups is 1. The average molecular weight is 530 g/mol. The minimum Gasteiger partial charge on any atom is -0.495 e. The third-order valence-corrected chi connectivity index (χ3v) is 6.16. The summed E-state index contributed by atoms with van der Waals surface area (Å²) in [6.45, 7) is 4.05. The monoisotopic (exact) mass is 529 g/mol. The molecule has 0 saturated carbocycles. The number of thiocarbonyl (C=S) groups is 1. The molecule has 0 fully saturated rings. The molecule has 4 aromatic rings. The van der Waals surface area contributed by atoms with Gasteiger partial charge in [-0.3, -0.25) is 10.1 Å². The first kappa shape index (κ1) is 24.8. The van der Waals surface area contributed by atoms with E-state index >= 15 is 0 Å². The molecule has 10 heteroatoms. The third kappa shape index (κ3) is 5.19. The van der Waals surface area contributed by atoms with E-state index in [1.54, 1.807) is 12.1 Å². The van der Waals surface area contributed by atoms with Crippen molar-refractivity contribution in [3.8, 4) is 23.0 Å². The predicted octanol–water partition coefficient (Wildman–Crippen LogP) is 6.56. The number of methoxy groups -OCH3 is 2. The first-order valence-electron chi connectivity index (χ1n) is 10.4. The summed E-state index contributed by atoms with van der Waals surface area (Å²) in [5.41, 5.74) is 5.19. The van der Waals surface area contributed by atoms with Crippen molar-refractivity contribution in [1.82, 2.24) is 10.3 Å². The third-order valence-electron chi connectivity index (χ3n) is 5.39. The molecular formula is C25H21Cl2N3O4S. The van der Waals surface area contributed by atoms with Crippen molar-refractivity contribution in [3.05, 3.63) is 69.2 Å². The number of hydrogen-bond donors (Lipinski definition) is 2. The summed E-state index contributed by atoms with van der Waals surface area (Å²) in [6, 6.07) is 12.2. The van der Waals surface area contributed by atoms with E-state index in [1.165, 1.54) is 26.4 Å². The number of fused-ring (bicyclic) bond motifs is 1. The normalized spacial score (nSPS) is 10.8. The summed E-state index contributed by atoms with van der Waals surface area (Å²) >= 11 is 17.6. The number of anilines is 1. The van der Waals surface area contributed by atoms with Crippen molar-refractivity contribution in [1.29, 1.82) is 0 Å². The fraction of sp³-hybridized carbons (Fsp3) is 0.160. The van der Waals surface area contributed by atoms with Gasteiger partial charge in [0.05, 0.1) is 30.0 Å². The summed E-state index contributed by atoms with van der Waals surface area (Å²) in [5, 5.41) is 6.07. The van der Waals surface area contributed by atoms with Gasteiger partial charge in [0.2, 0.25) is 5.89 Å². The van der Waals surface area contributed by atoms with E-state index in [0.29, 0.717) is 28.5 Å². The number of aromatic nitrogens is 1. The van der Waals surface area contributed by atoms with E-state index in [9.17, 15) is 4.79 Å². The van der Waals surface area contributed by atoms with Crippen LogP contribution in [0.15, 0.2) is 46.9 Å². The Morgan fingerprint density at radius 1 is 1.00 bits per heavy atom. The zero-order chi connectivity index (χ0) is 25.3. The molecule has 0 atom stereocenters. The fourth-order valence-electron chi connectivity index (χ4n) is 3.46. The van der Waals surface area contributed by atoms with Crippen LogP contribution in [-0.2, 0) is 0 Å². The molecule has 0 aliphatic rings. The summed E-state index contributed by atoms with van der Waals surface area (Å²) in [7, 11) is 2.98. The Hall–Kier alpha value is -3.33. The number of rotatable bonds is 5. The number of oxazole rings is 1. The van der Waals surface area contributed by atoms with Crippen molar-refractivity contribution >= 4 is 63.2 Å². The van der Waals surface area contributed by atoms with Crippen LogP contribution in [0.25, 0.3) is 22.6 Å². The number of halogens is 2. The molecule has 0 aliphatic heterocycles. The minimum atomic E-state index is -0.492. The molecule has 0 aliphatic carbocycles. The molecule has 0 bridgehead atoms. The molecule has 0 unspecified atom stereocenters. The number of carbonyl (C=O) groups excluding carboxylic acids is 1. The second kappa shape index (κ2) is 10.1. The molecular weight excluding hydrogens is 509 g/mol. The van der Waals surface area contributed by atoms with Gasteiger partial charge in [0.15, 0.2) is 16.4 Å². The maximum atomic E-state index is 12.7. The molecule has 1 aromatic heterocycles. The average Bonchev–Trinajstić information content (AvgIpc) is 3.21. The highest BCUT2D eigenvalue weighted by molar-refractivity contribution is 7.80. The molecule has 35 heavy (non-hydrogen) atoms. The van der Waals surface area contributed by atoms with Gasteiger partial charge in [0, 0.05) is 11.1 Å². The van der Waals surface area contributed by atoms with Crippen LogP contribution in [0.4, 0.5) is 5.69 Å². The second-order valence-electron chi connectivity index (χ2n) is 7.72. The number of hydrogen-bond acceptors (Lipinski definition) is 6. The van der Waals surface area contributed by atoms with Crippen LogP contribution in [-0.4, -0.2) is 30.2 Å². The molecule has 1 amide bonds. The molecule has 7 nitrogen and oxygen atoms in total. The number of nitrogens with zero attached hydrogens (tertiary/aromatic N) is 1. The second-order valence-corrected chi connectivity index (χ2v) is 8.94. The lowest BCUT2D eigenvalue weighted by Crippen LogP contribution is -2.34. The highest BCUT2D eigenvalue weighted by Gasteiger charge is 2.17. The van der Waals surface area contributed by atoms with Gasteiger partial charge in [-0.15, -0.1) is 0 Å². The highest BCUT2D eigenvalue weighted by atomic mass is 35.5. The molecule has 2 N–H and O–H groups in total. The van der Waals surface area contributed by atoms with E-state index in [1.807, 2.05) is 32.0 Å². The minimum absolute atomic E-state index is 0.0531. The van der Waals surface area contributed by atoms with Crippen LogP contribution in [0, 0.1) is 13.8 Å². The molecule has 0 saturated heterocycles. The number of benzene rings is 3. The zero-order valence-electron chi connectivity index (χ0n) is 19.3. The standard InChI is InChI=1S/C25H21Cl2N3O4S/c1-12-7-18-21(8-13(12)2)34-24(28-18)14-5-6-20(32-3)19(11-14)29-25(35)30-23(31)15-9-16(26)22(33-4)17(27)10-15/h5-11H,1-4H3,(H2,29,30,31,35). The number of aryl methyl sites for hydroxylation is 2. The zero-order valence-corrected chi connectivity index (χ0v) is 21.6. The van der Waals surface area contributed by atoms with Crippen molar-refractivity contribution in [2.75, 3.05) is 19.5 Å². The maximum Gasteiger partial charge on any atom is 0.257 e. The first-order chi connectivity index (χ1) is 16.7. The van der Waals surface area contributed by atoms with Crippen molar-refractivity contribution in [2.45, 2.75) is 13.8 Å². The SMILES string of the molecule is COc1ccc(-c2nc3cc(C)c(C)cc3o2)cc1NC(=S)NC(=O)c1cc(Cl)c(OC)c(Cl)c1. The molecule has 1 heterocycles. The maximum absolute atomic E-state index is 12.7. The van der Waals surface area contributed by atoms with Gasteiger partial charge < -0.3 is 19.2 Å². The number of nitrogens with one attached hydrogen (secondary N) is 2. The molecule has 3 aromatic carbocycles. The van der Waals surface area contributed by atoms with E-state index in [2.05, 4.69) is 15.6 Å². The van der Waals surface area contributed by atoms with Crippen LogP contribution in [0.5, 0.6) is 11.5 Å². The van der Waals surface area contributed by atoms with Gasteiger partial charge in [-0.05, 0) is 79.7 Å². The Morgan fingerprint density at radius 2 is 1.69 bits per heavy atom. The van der Waals surface area contributed by atoms with E-state index in [-0.39, 0.29) is 26.5 Å². The van der Waals surface area contributed by atoms with Crippen molar-refractivity contribution in [2.24, 2.45) is 0 Å². The van der Waals surface area contributed by atoms with Crippen molar-refractivity contribution < 1.29 is 18.7 Å². The van der Waals surface area contributed by atoms with Crippen LogP contribution < -0.4 is 20.1 Å². The molecule has 0 spiro atoms. The summed E-state index contributed by atoms with van der Waals surface area (Å²) < 4.78 is 16.5. The van der Waals surface area contributed by atoms with Gasteiger partial charge in [-0.2, -0.15) is 0 Å². The lowest BCUT2D eigenvalue weighted by atomic mass is 10.1. The Labute approximate surface area is 217 Å². The topological polar surface area (TPSA) is 85.6 Å². The van der Waals surface area contributed by atoms with Crippen molar-refractivity contribution in [3.63, 3.8) is 0 Å². The molecule has 0 radical (unpaired) electrons. The molecule has 180 valence electrons. The predicted molar refractivity (Wildman–Crippen MR) is 142 cm³/mol. The smallest absolute Gasteiger partial charge is 0.257 e. The van der Waals surface area contributed by atoms with Gasteiger partial charge in [-0.25, -0.2) is 4.98 Å². The summed E-state index contributed by atoms with van der Waals surface area (Å²) in [6.07, 6.45) is 0. The van der Waals surface area contributed by atoms with Gasteiger partial charge >= 0.3 is 0 Å². The lowest BCUT2D eigenvalue weighted by molar-refractivity contribution is 0.0977. The Bertz CT molecular complexity index is 1410. The first-order valence-corrected chi connectivity index (χ1v) is 11.6. The Balaban J connectivity index is 1.56. The Kier molecular flexibility index (Phi) is 7.16. The van der Waals surface area contributed by atoms with Gasteiger partial charge in [-0.1, -0.05) is 23.2 Å². The quantitative estimate of drug-likeness (QED) is 0.283. The summed E-state index contributed by atoms with van der Waals surface area (Å²) in [5.74, 6) is 0.766. The molecule has 4 rings (SSSR count). The summed E-state index contributed by atoms with van der Waals surface area (Å²) in [4.78, 5) is 17.3.